The van der Waals surface area contributed by atoms with E-state index < -0.39 is 23.8 Å². The summed E-state index contributed by atoms with van der Waals surface area (Å²) in [4.78, 5) is 48.4. The molecule has 57 heavy (non-hydrogen) atoms. The van der Waals surface area contributed by atoms with Crippen LogP contribution in [-0.4, -0.2) is 55.0 Å². The molecule has 1 heterocycles. The van der Waals surface area contributed by atoms with Crippen molar-refractivity contribution in [1.82, 2.24) is 16.0 Å². The Morgan fingerprint density at radius 1 is 0.807 bits per heavy atom. The number of nitrogens with one attached hydrogen (secondary N) is 3. The van der Waals surface area contributed by atoms with Crippen LogP contribution in [0.4, 0.5) is 0 Å². The fourth-order valence-corrected chi connectivity index (χ4v) is 7.61. The van der Waals surface area contributed by atoms with E-state index in [9.17, 15) is 19.2 Å². The molecule has 1 aliphatic heterocycles. The molecule has 0 saturated heterocycles. The Hall–Kier alpha value is -3.80. The van der Waals surface area contributed by atoms with Gasteiger partial charge in [0.1, 0.15) is 23.1 Å². The van der Waals surface area contributed by atoms with Gasteiger partial charge in [0.15, 0.2) is 0 Å². The van der Waals surface area contributed by atoms with Crippen molar-refractivity contribution in [3.63, 3.8) is 0 Å². The van der Waals surface area contributed by atoms with Crippen molar-refractivity contribution in [3.8, 4) is 11.5 Å². The van der Waals surface area contributed by atoms with Crippen LogP contribution in [0.1, 0.15) is 160 Å². The molecule has 2 rings (SSSR count). The molecule has 12 heteroatoms. The van der Waals surface area contributed by atoms with Gasteiger partial charge in [-0.15, -0.1) is 0 Å². The van der Waals surface area contributed by atoms with Crippen molar-refractivity contribution in [2.75, 3.05) is 19.6 Å². The van der Waals surface area contributed by atoms with Gasteiger partial charge < -0.3 is 42.6 Å². The Morgan fingerprint density at radius 2 is 1.44 bits per heavy atom. The van der Waals surface area contributed by atoms with Gasteiger partial charge in [-0.05, 0) is 107 Å². The molecule has 0 unspecified atom stereocenters. The second-order valence-electron chi connectivity index (χ2n) is 17.4. The van der Waals surface area contributed by atoms with Crippen LogP contribution in [0.2, 0.25) is 0 Å². The van der Waals surface area contributed by atoms with E-state index >= 15 is 0 Å². The highest BCUT2D eigenvalue weighted by atomic mass is 16.5. The van der Waals surface area contributed by atoms with Gasteiger partial charge in [0.05, 0.1) is 13.0 Å². The first-order valence-corrected chi connectivity index (χ1v) is 21.7. The number of esters is 1. The molecule has 0 radical (unpaired) electrons. The summed E-state index contributed by atoms with van der Waals surface area (Å²) < 4.78 is 12.7. The van der Waals surface area contributed by atoms with Crippen LogP contribution >= 0.6 is 0 Å². The summed E-state index contributed by atoms with van der Waals surface area (Å²) in [6.07, 6.45) is 17.4. The molecule has 1 aliphatic rings. The second kappa shape index (κ2) is 25.5. The normalized spacial score (nSPS) is 16.9. The van der Waals surface area contributed by atoms with Crippen LogP contribution in [0.15, 0.2) is 11.9 Å². The van der Waals surface area contributed by atoms with Crippen molar-refractivity contribution >= 4 is 23.7 Å². The first-order valence-electron chi connectivity index (χ1n) is 21.7. The maximum atomic E-state index is 12.9. The molecule has 12 nitrogen and oxygen atoms in total. The summed E-state index contributed by atoms with van der Waals surface area (Å²) in [5, 5.41) is 8.40. The number of hydrogen-bond donors (Lipinski definition) is 6. The maximum absolute atomic E-state index is 12.9. The molecule has 0 spiro atoms. The second-order valence-corrected chi connectivity index (χ2v) is 17.4. The molecule has 3 amide bonds. The number of carbonyl (C=O) groups excluding carboxylic acids is 4. The first kappa shape index (κ1) is 49.3. The Balaban J connectivity index is 1.71. The topological polar surface area (TPSA) is 201 Å². The molecule has 0 fully saturated rings. The number of hydrogen-bond acceptors (Lipinski definition) is 9. The Bertz CT molecular complexity index is 1480. The number of carbonyl (C=O) groups is 4. The van der Waals surface area contributed by atoms with E-state index in [1.807, 2.05) is 20.8 Å². The monoisotopic (exact) mass is 799 g/mol. The van der Waals surface area contributed by atoms with Crippen LogP contribution < -0.4 is 42.6 Å². The number of benzene rings is 1. The lowest BCUT2D eigenvalue weighted by Crippen LogP contribution is -2.47. The van der Waals surface area contributed by atoms with Crippen molar-refractivity contribution in [3.05, 3.63) is 34.2 Å². The molecule has 0 bridgehead atoms. The maximum Gasteiger partial charge on any atom is 0.311 e. The lowest BCUT2D eigenvalue weighted by Gasteiger charge is -2.38. The van der Waals surface area contributed by atoms with E-state index in [0.29, 0.717) is 24.5 Å². The summed E-state index contributed by atoms with van der Waals surface area (Å²) in [6.45, 7) is 18.6. The standard InChI is InChI=1S/C45H78N6O6/c1-30(2)15-12-16-31(3)17-13-18-32(4)19-14-23-45(8)24-22-37-35(7)42(33(5)34(6)43(37)57-45)56-41(54)21-20-39(52)50-26-11-9-10-25-49-29-36(47)27-38(44(48)55)51-40(53)28-46/h29-32,38,49H,9-28,46-47H2,1-8H3,(H2,48,55)(H,50,52)(H,51,53)/b36-29-/t31-,32-,38+,45-/m1/s1. The average Bonchev–Trinajstić information content (AvgIpc) is 3.15. The number of nitrogens with two attached hydrogens (primary N) is 3. The zero-order chi connectivity index (χ0) is 42.5. The molecule has 324 valence electrons. The van der Waals surface area contributed by atoms with Crippen LogP contribution in [-0.2, 0) is 25.6 Å². The highest BCUT2D eigenvalue weighted by molar-refractivity contribution is 5.87. The molecular weight excluding hydrogens is 721 g/mol. The summed E-state index contributed by atoms with van der Waals surface area (Å²) >= 11 is 0. The molecule has 1 aromatic carbocycles. The van der Waals surface area contributed by atoms with Crippen LogP contribution in [0.5, 0.6) is 11.5 Å². The van der Waals surface area contributed by atoms with Gasteiger partial charge >= 0.3 is 5.97 Å². The summed E-state index contributed by atoms with van der Waals surface area (Å²) in [6, 6.07) is -0.926. The van der Waals surface area contributed by atoms with Gasteiger partial charge in [0, 0.05) is 43.4 Å². The van der Waals surface area contributed by atoms with Gasteiger partial charge in [-0.2, -0.15) is 0 Å². The van der Waals surface area contributed by atoms with Crippen molar-refractivity contribution in [1.29, 1.82) is 0 Å². The fraction of sp³-hybridized carbons (Fsp3) is 0.733. The third-order valence-electron chi connectivity index (χ3n) is 11.5. The molecule has 0 aliphatic carbocycles. The van der Waals surface area contributed by atoms with E-state index in [-0.39, 0.29) is 37.3 Å². The highest BCUT2D eigenvalue weighted by Crippen LogP contribution is 2.45. The van der Waals surface area contributed by atoms with Gasteiger partial charge in [0.2, 0.25) is 17.7 Å². The highest BCUT2D eigenvalue weighted by Gasteiger charge is 2.35. The Kier molecular flexibility index (Phi) is 22.1. The number of ether oxygens (including phenoxy) is 2. The summed E-state index contributed by atoms with van der Waals surface area (Å²) in [5.74, 6) is 2.11. The summed E-state index contributed by atoms with van der Waals surface area (Å²) in [7, 11) is 0. The fourth-order valence-electron chi connectivity index (χ4n) is 7.61. The Labute approximate surface area is 344 Å². The lowest BCUT2D eigenvalue weighted by atomic mass is 9.83. The van der Waals surface area contributed by atoms with Crippen molar-refractivity contribution in [2.24, 2.45) is 35.0 Å². The van der Waals surface area contributed by atoms with Gasteiger partial charge in [-0.1, -0.05) is 72.6 Å². The van der Waals surface area contributed by atoms with Crippen LogP contribution in [0, 0.1) is 38.5 Å². The van der Waals surface area contributed by atoms with Crippen molar-refractivity contribution in [2.45, 2.75) is 176 Å². The van der Waals surface area contributed by atoms with Gasteiger partial charge in [-0.25, -0.2) is 0 Å². The van der Waals surface area contributed by atoms with E-state index in [1.54, 1.807) is 6.20 Å². The number of amides is 3. The number of fused-ring (bicyclic) bond motifs is 1. The SMILES string of the molecule is Cc1c(C)c2c(c(C)c1OC(=O)CCC(=O)NCCCCCN/C=C(\N)C[C@H](NC(=O)CN)C(N)=O)CC[C@@](C)(CCC[C@H](C)CCC[C@H](C)CCCC(C)C)O2. The third kappa shape index (κ3) is 18.6. The largest absolute Gasteiger partial charge is 0.487 e. The molecule has 0 saturated carbocycles. The number of unbranched alkanes of at least 4 members (excludes halogenated alkanes) is 2. The number of primary amides is 1. The van der Waals surface area contributed by atoms with Crippen molar-refractivity contribution < 1.29 is 28.7 Å². The molecule has 1 aromatic rings. The minimum atomic E-state index is -0.926. The zero-order valence-corrected chi connectivity index (χ0v) is 36.7. The zero-order valence-electron chi connectivity index (χ0n) is 36.7. The van der Waals surface area contributed by atoms with Gasteiger partial charge in [0.25, 0.3) is 0 Å². The molecule has 0 aromatic heterocycles. The Morgan fingerprint density at radius 3 is 2.07 bits per heavy atom. The third-order valence-corrected chi connectivity index (χ3v) is 11.5. The van der Waals surface area contributed by atoms with E-state index in [2.05, 4.69) is 50.6 Å². The molecular formula is C45H78N6O6. The van der Waals surface area contributed by atoms with Crippen LogP contribution in [0.3, 0.4) is 0 Å². The van der Waals surface area contributed by atoms with E-state index in [1.165, 1.54) is 44.9 Å². The molecule has 4 atom stereocenters. The first-order chi connectivity index (χ1) is 27.0. The quantitative estimate of drug-likeness (QED) is 0.0299. The van der Waals surface area contributed by atoms with E-state index in [0.717, 1.165) is 90.7 Å². The summed E-state index contributed by atoms with van der Waals surface area (Å²) in [5.41, 5.74) is 20.7. The minimum absolute atomic E-state index is 0.00461. The predicted molar refractivity (Wildman–Crippen MR) is 230 cm³/mol. The van der Waals surface area contributed by atoms with Gasteiger partial charge in [-0.3, -0.25) is 19.2 Å². The molecule has 9 N–H and O–H groups in total. The lowest BCUT2D eigenvalue weighted by molar-refractivity contribution is -0.136. The smallest absolute Gasteiger partial charge is 0.311 e. The van der Waals surface area contributed by atoms with Crippen LogP contribution in [0.25, 0.3) is 0 Å². The van der Waals surface area contributed by atoms with E-state index in [4.69, 9.17) is 26.7 Å². The predicted octanol–water partition coefficient (Wildman–Crippen LogP) is 6.82. The minimum Gasteiger partial charge on any atom is -0.487 e. The number of rotatable bonds is 28. The average molecular weight is 799 g/mol.